The van der Waals surface area contributed by atoms with Gasteiger partial charge >= 0.3 is 0 Å². The van der Waals surface area contributed by atoms with Crippen molar-refractivity contribution in [2.24, 2.45) is 0 Å². The zero-order chi connectivity index (χ0) is 14.8. The molecule has 0 atom stereocenters. The summed E-state index contributed by atoms with van der Waals surface area (Å²) in [5, 5.41) is 0. The van der Waals surface area contributed by atoms with Crippen LogP contribution in [-0.2, 0) is 6.42 Å². The number of halogens is 2. The first-order chi connectivity index (χ1) is 10.1. The van der Waals surface area contributed by atoms with Gasteiger partial charge in [-0.05, 0) is 46.5 Å². The number of aromatic nitrogens is 2. The van der Waals surface area contributed by atoms with Crippen molar-refractivity contribution in [2.75, 3.05) is 0 Å². The van der Waals surface area contributed by atoms with Crippen molar-refractivity contribution in [3.8, 4) is 0 Å². The summed E-state index contributed by atoms with van der Waals surface area (Å²) in [7, 11) is 0. The van der Waals surface area contributed by atoms with Gasteiger partial charge in [0, 0.05) is 12.3 Å². The average molecular weight is 351 g/mol. The normalized spacial score (nSPS) is 15.5. The molecule has 0 radical (unpaired) electrons. The predicted molar refractivity (Wildman–Crippen MR) is 83.0 cm³/mol. The number of aromatic amines is 1. The highest BCUT2D eigenvalue weighted by Gasteiger charge is 2.23. The van der Waals surface area contributed by atoms with Crippen molar-refractivity contribution in [1.82, 2.24) is 9.97 Å². The van der Waals surface area contributed by atoms with Gasteiger partial charge < -0.3 is 4.98 Å². The van der Waals surface area contributed by atoms with E-state index >= 15 is 0 Å². The Morgan fingerprint density at radius 3 is 2.81 bits per heavy atom. The number of nitrogens with one attached hydrogen (secondary N) is 1. The fraction of sp³-hybridized carbons (Fsp3) is 0.375. The third-order valence-electron chi connectivity index (χ3n) is 3.94. The standard InChI is InChI=1S/C16H16BrFN2O/c17-14-15(11-5-1-2-6-11)19-13(20-16(14)21)9-10-4-3-7-12(18)8-10/h3-4,7-8,11H,1-2,5-6,9H2,(H,19,20,21). The minimum Gasteiger partial charge on any atom is -0.309 e. The van der Waals surface area contributed by atoms with E-state index in [1.165, 1.54) is 25.0 Å². The molecule has 1 aliphatic rings. The van der Waals surface area contributed by atoms with E-state index in [2.05, 4.69) is 25.9 Å². The van der Waals surface area contributed by atoms with Gasteiger partial charge in [0.2, 0.25) is 0 Å². The molecule has 1 N–H and O–H groups in total. The van der Waals surface area contributed by atoms with E-state index in [1.807, 2.05) is 6.07 Å². The molecule has 1 saturated carbocycles. The minimum atomic E-state index is -0.275. The van der Waals surface area contributed by atoms with E-state index in [0.29, 0.717) is 22.6 Å². The van der Waals surface area contributed by atoms with Gasteiger partial charge in [-0.1, -0.05) is 25.0 Å². The molecule has 21 heavy (non-hydrogen) atoms. The largest absolute Gasteiger partial charge is 0.309 e. The van der Waals surface area contributed by atoms with Crippen LogP contribution in [0.2, 0.25) is 0 Å². The average Bonchev–Trinajstić information content (AvgIpc) is 2.96. The van der Waals surface area contributed by atoms with Gasteiger partial charge in [-0.25, -0.2) is 9.37 Å². The van der Waals surface area contributed by atoms with Crippen LogP contribution in [0.15, 0.2) is 33.5 Å². The van der Waals surface area contributed by atoms with Crippen LogP contribution in [0.4, 0.5) is 4.39 Å². The minimum absolute atomic E-state index is 0.154. The highest BCUT2D eigenvalue weighted by atomic mass is 79.9. The van der Waals surface area contributed by atoms with Crippen molar-refractivity contribution >= 4 is 15.9 Å². The Kier molecular flexibility index (Phi) is 4.19. The summed E-state index contributed by atoms with van der Waals surface area (Å²) in [6.07, 6.45) is 4.96. The van der Waals surface area contributed by atoms with E-state index < -0.39 is 0 Å². The van der Waals surface area contributed by atoms with Crippen LogP contribution >= 0.6 is 15.9 Å². The second-order valence-electron chi connectivity index (χ2n) is 5.50. The fourth-order valence-corrected chi connectivity index (χ4v) is 3.43. The SMILES string of the molecule is O=c1[nH]c(Cc2cccc(F)c2)nc(C2CCCC2)c1Br. The number of benzene rings is 1. The van der Waals surface area contributed by atoms with Gasteiger partial charge in [-0.2, -0.15) is 0 Å². The van der Waals surface area contributed by atoms with Crippen LogP contribution in [0.3, 0.4) is 0 Å². The lowest BCUT2D eigenvalue weighted by Crippen LogP contribution is -2.17. The predicted octanol–water partition coefficient (Wildman–Crippen LogP) is 3.92. The second kappa shape index (κ2) is 6.10. The van der Waals surface area contributed by atoms with Crippen LogP contribution in [0.5, 0.6) is 0 Å². The summed E-state index contributed by atoms with van der Waals surface area (Å²) >= 11 is 3.36. The molecule has 1 aliphatic carbocycles. The molecule has 1 aromatic carbocycles. The highest BCUT2D eigenvalue weighted by molar-refractivity contribution is 9.10. The van der Waals surface area contributed by atoms with Gasteiger partial charge in [0.05, 0.1) is 5.69 Å². The lowest BCUT2D eigenvalue weighted by Gasteiger charge is -2.12. The number of hydrogen-bond donors (Lipinski definition) is 1. The molecule has 3 rings (SSSR count). The van der Waals surface area contributed by atoms with Gasteiger partial charge in [0.25, 0.3) is 5.56 Å². The molecule has 110 valence electrons. The maximum atomic E-state index is 13.2. The molecule has 0 saturated heterocycles. The number of rotatable bonds is 3. The molecule has 1 aromatic heterocycles. The van der Waals surface area contributed by atoms with Crippen LogP contribution in [0.1, 0.15) is 48.7 Å². The molecule has 2 aromatic rings. The van der Waals surface area contributed by atoms with Crippen molar-refractivity contribution < 1.29 is 4.39 Å². The summed E-state index contributed by atoms with van der Waals surface area (Å²) in [4.78, 5) is 19.4. The van der Waals surface area contributed by atoms with E-state index in [4.69, 9.17) is 0 Å². The smallest absolute Gasteiger partial charge is 0.265 e. The van der Waals surface area contributed by atoms with Crippen molar-refractivity contribution in [1.29, 1.82) is 0 Å². The highest BCUT2D eigenvalue weighted by Crippen LogP contribution is 2.35. The lowest BCUT2D eigenvalue weighted by atomic mass is 10.0. The number of nitrogens with zero attached hydrogens (tertiary/aromatic N) is 1. The van der Waals surface area contributed by atoms with Crippen LogP contribution < -0.4 is 5.56 Å². The van der Waals surface area contributed by atoms with E-state index in [9.17, 15) is 9.18 Å². The fourth-order valence-electron chi connectivity index (χ4n) is 2.92. The van der Waals surface area contributed by atoms with Gasteiger partial charge in [0.1, 0.15) is 16.1 Å². The Bertz CT molecular complexity index is 708. The summed E-state index contributed by atoms with van der Waals surface area (Å²) < 4.78 is 13.8. The lowest BCUT2D eigenvalue weighted by molar-refractivity contribution is 0.625. The van der Waals surface area contributed by atoms with Gasteiger partial charge in [-0.3, -0.25) is 4.79 Å². The molecule has 0 amide bonds. The first-order valence-electron chi connectivity index (χ1n) is 7.16. The molecule has 3 nitrogen and oxygen atoms in total. The van der Waals surface area contributed by atoms with E-state index in [-0.39, 0.29) is 11.4 Å². The quantitative estimate of drug-likeness (QED) is 0.911. The molecule has 1 heterocycles. The van der Waals surface area contributed by atoms with Crippen molar-refractivity contribution in [3.05, 3.63) is 62.0 Å². The Morgan fingerprint density at radius 2 is 2.10 bits per heavy atom. The Hall–Kier alpha value is -1.49. The van der Waals surface area contributed by atoms with Crippen LogP contribution in [0.25, 0.3) is 0 Å². The van der Waals surface area contributed by atoms with E-state index in [1.54, 1.807) is 6.07 Å². The van der Waals surface area contributed by atoms with Crippen molar-refractivity contribution in [3.63, 3.8) is 0 Å². The molecule has 0 bridgehead atoms. The van der Waals surface area contributed by atoms with Crippen LogP contribution in [-0.4, -0.2) is 9.97 Å². The molecule has 5 heteroatoms. The second-order valence-corrected chi connectivity index (χ2v) is 6.29. The summed E-state index contributed by atoms with van der Waals surface area (Å²) in [5.41, 5.74) is 1.50. The number of hydrogen-bond acceptors (Lipinski definition) is 2. The Morgan fingerprint density at radius 1 is 1.33 bits per heavy atom. The summed E-state index contributed by atoms with van der Waals surface area (Å²) in [6, 6.07) is 6.38. The maximum absolute atomic E-state index is 13.2. The maximum Gasteiger partial charge on any atom is 0.265 e. The molecular weight excluding hydrogens is 335 g/mol. The van der Waals surface area contributed by atoms with Gasteiger partial charge in [-0.15, -0.1) is 0 Å². The summed E-state index contributed by atoms with van der Waals surface area (Å²) in [6.45, 7) is 0. The summed E-state index contributed by atoms with van der Waals surface area (Å²) in [5.74, 6) is 0.673. The first kappa shape index (κ1) is 14.4. The molecule has 0 unspecified atom stereocenters. The van der Waals surface area contributed by atoms with E-state index in [0.717, 1.165) is 24.1 Å². The Labute approximate surface area is 130 Å². The third kappa shape index (κ3) is 3.23. The monoisotopic (exact) mass is 350 g/mol. The molecule has 1 fully saturated rings. The Balaban J connectivity index is 1.94. The molecule has 0 aliphatic heterocycles. The number of H-pyrrole nitrogens is 1. The van der Waals surface area contributed by atoms with Gasteiger partial charge in [0.15, 0.2) is 0 Å². The molecular formula is C16H16BrFN2O. The zero-order valence-corrected chi connectivity index (χ0v) is 13.1. The topological polar surface area (TPSA) is 45.8 Å². The van der Waals surface area contributed by atoms with Crippen LogP contribution in [0, 0.1) is 5.82 Å². The third-order valence-corrected chi connectivity index (χ3v) is 4.71. The van der Waals surface area contributed by atoms with Crippen molar-refractivity contribution in [2.45, 2.75) is 38.0 Å². The zero-order valence-electron chi connectivity index (χ0n) is 11.5. The molecule has 0 spiro atoms. The first-order valence-corrected chi connectivity index (χ1v) is 7.96.